The first-order valence-corrected chi connectivity index (χ1v) is 7.07. The molecule has 2 heteroatoms. The summed E-state index contributed by atoms with van der Waals surface area (Å²) in [4.78, 5) is 11.9. The van der Waals surface area contributed by atoms with Crippen LogP contribution in [0.15, 0.2) is 42.5 Å². The van der Waals surface area contributed by atoms with E-state index in [2.05, 4.69) is 43.4 Å². The highest BCUT2D eigenvalue weighted by atomic mass is 16.1. The van der Waals surface area contributed by atoms with Crippen molar-refractivity contribution < 1.29 is 4.79 Å². The minimum absolute atomic E-state index is 0.0254. The first-order valence-electron chi connectivity index (χ1n) is 7.07. The Morgan fingerprint density at radius 3 is 2.68 bits per heavy atom. The molecule has 0 spiro atoms. The molecule has 0 bridgehead atoms. The zero-order chi connectivity index (χ0) is 13.7. The van der Waals surface area contributed by atoms with Crippen molar-refractivity contribution in [2.45, 2.75) is 38.5 Å². The van der Waals surface area contributed by atoms with E-state index in [-0.39, 0.29) is 11.3 Å². The maximum absolute atomic E-state index is 11.9. The van der Waals surface area contributed by atoms with E-state index in [9.17, 15) is 4.79 Å². The number of hydrogen-bond acceptors (Lipinski definition) is 1. The molecule has 19 heavy (non-hydrogen) atoms. The summed E-state index contributed by atoms with van der Waals surface area (Å²) < 4.78 is 0. The van der Waals surface area contributed by atoms with Crippen LogP contribution in [0.25, 0.3) is 0 Å². The first kappa shape index (κ1) is 13.9. The van der Waals surface area contributed by atoms with E-state index in [4.69, 9.17) is 0 Å². The Morgan fingerprint density at radius 2 is 2.05 bits per heavy atom. The maximum atomic E-state index is 11.9. The second-order valence-corrected chi connectivity index (χ2v) is 6.00. The maximum Gasteiger partial charge on any atom is 0.220 e. The van der Waals surface area contributed by atoms with E-state index < -0.39 is 0 Å². The molecule has 0 saturated heterocycles. The molecule has 1 aliphatic rings. The fourth-order valence-electron chi connectivity index (χ4n) is 2.49. The summed E-state index contributed by atoms with van der Waals surface area (Å²) in [6.07, 6.45) is 7.21. The van der Waals surface area contributed by atoms with Crippen LogP contribution in [0, 0.1) is 5.92 Å². The molecule has 1 atom stereocenters. The van der Waals surface area contributed by atoms with Gasteiger partial charge in [0.05, 0.1) is 0 Å². The molecular formula is C17H23NO. The van der Waals surface area contributed by atoms with Crippen molar-refractivity contribution in [3.05, 3.63) is 48.0 Å². The quantitative estimate of drug-likeness (QED) is 0.804. The average Bonchev–Trinajstić information content (AvgIpc) is 2.90. The minimum atomic E-state index is -0.0254. The van der Waals surface area contributed by atoms with Crippen LogP contribution in [-0.4, -0.2) is 12.5 Å². The Morgan fingerprint density at radius 1 is 1.32 bits per heavy atom. The molecule has 0 saturated carbocycles. The van der Waals surface area contributed by atoms with Gasteiger partial charge >= 0.3 is 0 Å². The third kappa shape index (κ3) is 3.95. The van der Waals surface area contributed by atoms with Crippen LogP contribution in [-0.2, 0) is 10.2 Å². The second kappa shape index (κ2) is 6.05. The SMILES string of the molecule is CC(C)(CNC(=O)CC1C=CCC1)c1ccccc1. The van der Waals surface area contributed by atoms with Crippen molar-refractivity contribution in [3.63, 3.8) is 0 Å². The fraction of sp³-hybridized carbons (Fsp3) is 0.471. The molecule has 102 valence electrons. The van der Waals surface area contributed by atoms with Gasteiger partial charge in [0.15, 0.2) is 0 Å². The van der Waals surface area contributed by atoms with Crippen LogP contribution in [0.3, 0.4) is 0 Å². The van der Waals surface area contributed by atoms with Gasteiger partial charge in [-0.25, -0.2) is 0 Å². The molecule has 0 aromatic heterocycles. The van der Waals surface area contributed by atoms with E-state index in [1.165, 1.54) is 5.56 Å². The van der Waals surface area contributed by atoms with Crippen molar-refractivity contribution in [1.29, 1.82) is 0 Å². The van der Waals surface area contributed by atoms with Gasteiger partial charge in [-0.1, -0.05) is 56.3 Å². The van der Waals surface area contributed by atoms with Crippen LogP contribution in [0.5, 0.6) is 0 Å². The number of amides is 1. The lowest BCUT2D eigenvalue weighted by Gasteiger charge is -2.26. The largest absolute Gasteiger partial charge is 0.355 e. The summed E-state index contributed by atoms with van der Waals surface area (Å²) in [7, 11) is 0. The Bertz CT molecular complexity index is 448. The summed E-state index contributed by atoms with van der Waals surface area (Å²) in [5.41, 5.74) is 1.23. The molecule has 0 heterocycles. The number of hydrogen-bond donors (Lipinski definition) is 1. The van der Waals surface area contributed by atoms with E-state index in [0.29, 0.717) is 18.9 Å². The molecular weight excluding hydrogens is 234 g/mol. The van der Waals surface area contributed by atoms with Crippen LogP contribution in [0.4, 0.5) is 0 Å². The molecule has 2 nitrogen and oxygen atoms in total. The zero-order valence-electron chi connectivity index (χ0n) is 11.9. The lowest BCUT2D eigenvalue weighted by atomic mass is 9.84. The highest BCUT2D eigenvalue weighted by Gasteiger charge is 2.22. The summed E-state index contributed by atoms with van der Waals surface area (Å²) in [5, 5.41) is 3.08. The third-order valence-corrected chi connectivity index (χ3v) is 3.84. The second-order valence-electron chi connectivity index (χ2n) is 6.00. The van der Waals surface area contributed by atoms with E-state index in [1.54, 1.807) is 0 Å². The van der Waals surface area contributed by atoms with Gasteiger partial charge in [-0.15, -0.1) is 0 Å². The molecule has 0 radical (unpaired) electrons. The lowest BCUT2D eigenvalue weighted by molar-refractivity contribution is -0.121. The van der Waals surface area contributed by atoms with Gasteiger partial charge in [0.2, 0.25) is 5.91 Å². The highest BCUT2D eigenvalue weighted by molar-refractivity contribution is 5.76. The normalized spacial score (nSPS) is 18.5. The zero-order valence-corrected chi connectivity index (χ0v) is 11.9. The predicted molar refractivity (Wildman–Crippen MR) is 79.0 cm³/mol. The van der Waals surface area contributed by atoms with Gasteiger partial charge in [0.1, 0.15) is 0 Å². The number of rotatable bonds is 5. The number of benzene rings is 1. The smallest absolute Gasteiger partial charge is 0.220 e. The Hall–Kier alpha value is -1.57. The Labute approximate surface area is 115 Å². The third-order valence-electron chi connectivity index (χ3n) is 3.84. The number of nitrogens with one attached hydrogen (secondary N) is 1. The molecule has 1 unspecified atom stereocenters. The van der Waals surface area contributed by atoms with Gasteiger partial charge < -0.3 is 5.32 Å². The van der Waals surface area contributed by atoms with Crippen molar-refractivity contribution in [3.8, 4) is 0 Å². The summed E-state index contributed by atoms with van der Waals surface area (Å²) in [6, 6.07) is 10.3. The van der Waals surface area contributed by atoms with E-state index in [1.807, 2.05) is 18.2 Å². The van der Waals surface area contributed by atoms with Crippen molar-refractivity contribution in [2.75, 3.05) is 6.54 Å². The van der Waals surface area contributed by atoms with Gasteiger partial charge in [-0.05, 0) is 24.3 Å². The standard InChI is InChI=1S/C17H23NO/c1-17(2,15-10-4-3-5-11-15)13-18-16(19)12-14-8-6-7-9-14/h3-6,8,10-11,14H,7,9,12-13H2,1-2H3,(H,18,19). The number of carbonyl (C=O) groups is 1. The Kier molecular flexibility index (Phi) is 4.41. The average molecular weight is 257 g/mol. The van der Waals surface area contributed by atoms with Crippen LogP contribution in [0.1, 0.15) is 38.7 Å². The monoisotopic (exact) mass is 257 g/mol. The van der Waals surface area contributed by atoms with Crippen LogP contribution < -0.4 is 5.32 Å². The summed E-state index contributed by atoms with van der Waals surface area (Å²) >= 11 is 0. The molecule has 0 fully saturated rings. The predicted octanol–water partition coefficient (Wildman–Crippen LogP) is 3.44. The minimum Gasteiger partial charge on any atom is -0.355 e. The van der Waals surface area contributed by atoms with Crippen LogP contribution in [0.2, 0.25) is 0 Å². The molecule has 1 N–H and O–H groups in total. The molecule has 0 aliphatic heterocycles. The van der Waals surface area contributed by atoms with E-state index in [0.717, 1.165) is 12.8 Å². The molecule has 1 aromatic rings. The summed E-state index contributed by atoms with van der Waals surface area (Å²) in [6.45, 7) is 5.02. The summed E-state index contributed by atoms with van der Waals surface area (Å²) in [5.74, 6) is 0.611. The molecule has 1 amide bonds. The van der Waals surface area contributed by atoms with Gasteiger partial charge in [-0.2, -0.15) is 0 Å². The number of allylic oxidation sites excluding steroid dienone is 2. The topological polar surface area (TPSA) is 29.1 Å². The molecule has 1 aromatic carbocycles. The molecule has 2 rings (SSSR count). The van der Waals surface area contributed by atoms with Crippen molar-refractivity contribution in [1.82, 2.24) is 5.32 Å². The van der Waals surface area contributed by atoms with Crippen molar-refractivity contribution >= 4 is 5.91 Å². The number of carbonyl (C=O) groups excluding carboxylic acids is 1. The van der Waals surface area contributed by atoms with Gasteiger partial charge in [-0.3, -0.25) is 4.79 Å². The Balaban J connectivity index is 1.83. The highest BCUT2D eigenvalue weighted by Crippen LogP contribution is 2.23. The van der Waals surface area contributed by atoms with Gasteiger partial charge in [0.25, 0.3) is 0 Å². The lowest BCUT2D eigenvalue weighted by Crippen LogP contribution is -2.37. The fourth-order valence-corrected chi connectivity index (χ4v) is 2.49. The van der Waals surface area contributed by atoms with Gasteiger partial charge in [0, 0.05) is 18.4 Å². The first-order chi connectivity index (χ1) is 9.08. The van der Waals surface area contributed by atoms with Crippen molar-refractivity contribution in [2.24, 2.45) is 5.92 Å². The van der Waals surface area contributed by atoms with E-state index >= 15 is 0 Å². The van der Waals surface area contributed by atoms with Crippen LogP contribution >= 0.6 is 0 Å². The molecule has 1 aliphatic carbocycles.